The van der Waals surface area contributed by atoms with Crippen molar-refractivity contribution in [3.05, 3.63) is 45.5 Å². The quantitative estimate of drug-likeness (QED) is 0.738. The third kappa shape index (κ3) is 3.64. The van der Waals surface area contributed by atoms with Crippen LogP contribution in [0, 0.1) is 5.82 Å². The Balaban J connectivity index is 2.29. The van der Waals surface area contributed by atoms with Crippen molar-refractivity contribution in [2.45, 2.75) is 19.8 Å². The molecule has 0 aliphatic rings. The van der Waals surface area contributed by atoms with E-state index in [2.05, 4.69) is 25.9 Å². The maximum absolute atomic E-state index is 13.4. The molecular formula is C13H11BrClFN2O. The highest BCUT2D eigenvalue weighted by Crippen LogP contribution is 2.26. The van der Waals surface area contributed by atoms with Gasteiger partial charge in [0.1, 0.15) is 22.5 Å². The van der Waals surface area contributed by atoms with Gasteiger partial charge in [0.05, 0.1) is 4.47 Å². The highest BCUT2D eigenvalue weighted by atomic mass is 79.9. The zero-order valence-corrected chi connectivity index (χ0v) is 12.7. The highest BCUT2D eigenvalue weighted by Gasteiger charge is 2.09. The summed E-state index contributed by atoms with van der Waals surface area (Å²) in [6, 6.07) is 5.97. The van der Waals surface area contributed by atoms with Crippen LogP contribution in [0.2, 0.25) is 5.15 Å². The Hall–Kier alpha value is -1.20. The van der Waals surface area contributed by atoms with Gasteiger partial charge in [0, 0.05) is 18.1 Å². The number of halogens is 3. The van der Waals surface area contributed by atoms with Crippen LogP contribution in [-0.2, 0) is 0 Å². The number of aromatic nitrogens is 2. The van der Waals surface area contributed by atoms with Crippen molar-refractivity contribution in [3.8, 4) is 11.6 Å². The average Bonchev–Trinajstić information content (AvgIpc) is 2.33. The fourth-order valence-corrected chi connectivity index (χ4v) is 1.81. The molecular weight excluding hydrogens is 335 g/mol. The van der Waals surface area contributed by atoms with Gasteiger partial charge in [0.15, 0.2) is 0 Å². The monoisotopic (exact) mass is 344 g/mol. The maximum Gasteiger partial charge on any atom is 0.224 e. The van der Waals surface area contributed by atoms with Crippen LogP contribution in [0.5, 0.6) is 11.6 Å². The van der Waals surface area contributed by atoms with Crippen LogP contribution >= 0.6 is 27.5 Å². The first-order valence-electron chi connectivity index (χ1n) is 5.63. The van der Waals surface area contributed by atoms with E-state index < -0.39 is 5.82 Å². The first-order chi connectivity index (χ1) is 8.95. The minimum absolute atomic E-state index is 0.128. The molecule has 0 atom stereocenters. The zero-order chi connectivity index (χ0) is 14.0. The summed E-state index contributed by atoms with van der Waals surface area (Å²) in [6.45, 7) is 3.91. The SMILES string of the molecule is CC(C)c1nc(Cl)cc(Oc2ccc(Br)c(F)c2)n1. The van der Waals surface area contributed by atoms with Crippen LogP contribution in [-0.4, -0.2) is 9.97 Å². The van der Waals surface area contributed by atoms with Gasteiger partial charge in [0.2, 0.25) is 5.88 Å². The zero-order valence-electron chi connectivity index (χ0n) is 10.3. The minimum Gasteiger partial charge on any atom is -0.439 e. The molecule has 0 N–H and O–H groups in total. The second-order valence-electron chi connectivity index (χ2n) is 4.22. The third-order valence-electron chi connectivity index (χ3n) is 2.32. The predicted molar refractivity (Wildman–Crippen MR) is 75.3 cm³/mol. The largest absolute Gasteiger partial charge is 0.439 e. The van der Waals surface area contributed by atoms with Crippen molar-refractivity contribution in [2.24, 2.45) is 0 Å². The van der Waals surface area contributed by atoms with Gasteiger partial charge < -0.3 is 4.74 Å². The normalized spacial score (nSPS) is 10.8. The molecule has 0 bridgehead atoms. The minimum atomic E-state index is -0.401. The molecule has 0 unspecified atom stereocenters. The molecule has 0 radical (unpaired) electrons. The second-order valence-corrected chi connectivity index (χ2v) is 5.46. The Bertz CT molecular complexity index is 607. The van der Waals surface area contributed by atoms with Gasteiger partial charge in [-0.25, -0.2) is 9.37 Å². The molecule has 0 aliphatic carbocycles. The smallest absolute Gasteiger partial charge is 0.224 e. The van der Waals surface area contributed by atoms with Crippen molar-refractivity contribution in [2.75, 3.05) is 0 Å². The summed E-state index contributed by atoms with van der Waals surface area (Å²) >= 11 is 8.98. The Morgan fingerprint density at radius 3 is 2.63 bits per heavy atom. The van der Waals surface area contributed by atoms with Gasteiger partial charge in [-0.1, -0.05) is 25.4 Å². The molecule has 0 spiro atoms. The van der Waals surface area contributed by atoms with E-state index in [0.717, 1.165) is 0 Å². The van der Waals surface area contributed by atoms with E-state index >= 15 is 0 Å². The molecule has 2 rings (SSSR count). The summed E-state index contributed by atoms with van der Waals surface area (Å²) in [5.41, 5.74) is 0. The van der Waals surface area contributed by atoms with E-state index in [9.17, 15) is 4.39 Å². The number of hydrogen-bond donors (Lipinski definition) is 0. The molecule has 2 aromatic rings. The summed E-state index contributed by atoms with van der Waals surface area (Å²) < 4.78 is 19.3. The van der Waals surface area contributed by atoms with Gasteiger partial charge in [-0.3, -0.25) is 0 Å². The summed E-state index contributed by atoms with van der Waals surface area (Å²) in [7, 11) is 0. The lowest BCUT2D eigenvalue weighted by Gasteiger charge is -2.09. The van der Waals surface area contributed by atoms with E-state index in [1.165, 1.54) is 12.1 Å². The van der Waals surface area contributed by atoms with Crippen LogP contribution < -0.4 is 4.74 Å². The lowest BCUT2D eigenvalue weighted by molar-refractivity contribution is 0.452. The van der Waals surface area contributed by atoms with Gasteiger partial charge in [0.25, 0.3) is 0 Å². The van der Waals surface area contributed by atoms with Crippen molar-refractivity contribution in [3.63, 3.8) is 0 Å². The number of ether oxygens (including phenoxy) is 1. The molecule has 3 nitrogen and oxygen atoms in total. The van der Waals surface area contributed by atoms with Crippen LogP contribution in [0.3, 0.4) is 0 Å². The lowest BCUT2D eigenvalue weighted by Crippen LogP contribution is -1.99. The molecule has 0 saturated heterocycles. The predicted octanol–water partition coefficient (Wildman–Crippen LogP) is 4.95. The van der Waals surface area contributed by atoms with E-state index in [1.54, 1.807) is 12.1 Å². The first-order valence-corrected chi connectivity index (χ1v) is 6.80. The fraction of sp³-hybridized carbons (Fsp3) is 0.231. The number of nitrogens with zero attached hydrogens (tertiary/aromatic N) is 2. The average molecular weight is 346 g/mol. The second kappa shape index (κ2) is 5.84. The van der Waals surface area contributed by atoms with E-state index in [0.29, 0.717) is 27.1 Å². The van der Waals surface area contributed by atoms with Crippen molar-refractivity contribution < 1.29 is 9.13 Å². The van der Waals surface area contributed by atoms with Gasteiger partial charge >= 0.3 is 0 Å². The van der Waals surface area contributed by atoms with Crippen LogP contribution in [0.1, 0.15) is 25.6 Å². The Kier molecular flexibility index (Phi) is 4.37. The molecule has 0 amide bonds. The molecule has 6 heteroatoms. The van der Waals surface area contributed by atoms with E-state index in [4.69, 9.17) is 16.3 Å². The van der Waals surface area contributed by atoms with Crippen molar-refractivity contribution in [1.82, 2.24) is 9.97 Å². The molecule has 19 heavy (non-hydrogen) atoms. The van der Waals surface area contributed by atoms with Crippen molar-refractivity contribution >= 4 is 27.5 Å². The Labute approximate surface area is 123 Å². The van der Waals surface area contributed by atoms with Crippen molar-refractivity contribution in [1.29, 1.82) is 0 Å². The molecule has 100 valence electrons. The summed E-state index contributed by atoms with van der Waals surface area (Å²) in [6.07, 6.45) is 0. The summed E-state index contributed by atoms with van der Waals surface area (Å²) in [5.74, 6) is 0.958. The van der Waals surface area contributed by atoms with E-state index in [-0.39, 0.29) is 5.92 Å². The van der Waals surface area contributed by atoms with Gasteiger partial charge in [-0.15, -0.1) is 0 Å². The van der Waals surface area contributed by atoms with Gasteiger partial charge in [-0.05, 0) is 28.1 Å². The number of hydrogen-bond acceptors (Lipinski definition) is 3. The Morgan fingerprint density at radius 1 is 1.26 bits per heavy atom. The summed E-state index contributed by atoms with van der Waals surface area (Å²) in [5, 5.41) is 0.297. The van der Waals surface area contributed by atoms with Gasteiger partial charge in [-0.2, -0.15) is 4.98 Å². The number of rotatable bonds is 3. The molecule has 1 aromatic heterocycles. The lowest BCUT2D eigenvalue weighted by atomic mass is 10.2. The molecule has 0 saturated carbocycles. The Morgan fingerprint density at radius 2 is 2.00 bits per heavy atom. The van der Waals surface area contributed by atoms with Crippen LogP contribution in [0.15, 0.2) is 28.7 Å². The number of benzene rings is 1. The first kappa shape index (κ1) is 14.2. The third-order valence-corrected chi connectivity index (χ3v) is 3.16. The molecule has 1 aromatic carbocycles. The highest BCUT2D eigenvalue weighted by molar-refractivity contribution is 9.10. The van der Waals surface area contributed by atoms with E-state index in [1.807, 2.05) is 13.8 Å². The molecule has 0 fully saturated rings. The van der Waals surface area contributed by atoms with Crippen LogP contribution in [0.4, 0.5) is 4.39 Å². The van der Waals surface area contributed by atoms with Crippen LogP contribution in [0.25, 0.3) is 0 Å². The molecule has 1 heterocycles. The topological polar surface area (TPSA) is 35.0 Å². The molecule has 0 aliphatic heterocycles. The fourth-order valence-electron chi connectivity index (χ4n) is 1.39. The summed E-state index contributed by atoms with van der Waals surface area (Å²) in [4.78, 5) is 8.33. The standard InChI is InChI=1S/C13H11BrClFN2O/c1-7(2)13-17-11(15)6-12(18-13)19-8-3-4-9(14)10(16)5-8/h3-7H,1-2H3. The maximum atomic E-state index is 13.4.